The fourth-order valence-corrected chi connectivity index (χ4v) is 3.67. The van der Waals surface area contributed by atoms with Crippen LogP contribution in [0.25, 0.3) is 10.8 Å². The van der Waals surface area contributed by atoms with E-state index in [1.807, 2.05) is 24.3 Å². The summed E-state index contributed by atoms with van der Waals surface area (Å²) in [4.78, 5) is 10.1. The molecule has 3 aromatic carbocycles. The van der Waals surface area contributed by atoms with Crippen molar-refractivity contribution in [1.29, 1.82) is 0 Å². The van der Waals surface area contributed by atoms with E-state index in [2.05, 4.69) is 0 Å². The van der Waals surface area contributed by atoms with Crippen molar-refractivity contribution in [3.8, 4) is 5.75 Å². The van der Waals surface area contributed by atoms with Gasteiger partial charge in [0.25, 0.3) is 5.69 Å². The number of aryl methyl sites for hydroxylation is 2. The second-order valence-electron chi connectivity index (χ2n) is 5.71. The molecule has 3 aromatic rings. The minimum absolute atomic E-state index is 0.103. The largest absolute Gasteiger partial charge is 0.379 e. The molecule has 0 aliphatic carbocycles. The Kier molecular flexibility index (Phi) is 4.18. The van der Waals surface area contributed by atoms with E-state index in [1.165, 1.54) is 18.2 Å². The van der Waals surface area contributed by atoms with Gasteiger partial charge in [-0.3, -0.25) is 10.1 Å². The number of hydrogen-bond donors (Lipinski definition) is 0. The molecule has 0 saturated heterocycles. The molecule has 0 aliphatic heterocycles. The van der Waals surface area contributed by atoms with Crippen molar-refractivity contribution >= 4 is 26.6 Å². The van der Waals surface area contributed by atoms with Gasteiger partial charge in [0.1, 0.15) is 5.75 Å². The lowest BCUT2D eigenvalue weighted by Crippen LogP contribution is -2.12. The Hall–Kier alpha value is -2.93. The number of nitro groups is 1. The van der Waals surface area contributed by atoms with Crippen molar-refractivity contribution < 1.29 is 17.5 Å². The average molecular weight is 357 g/mol. The lowest BCUT2D eigenvalue weighted by Gasteiger charge is -2.10. The van der Waals surface area contributed by atoms with Crippen LogP contribution in [0.5, 0.6) is 5.75 Å². The van der Waals surface area contributed by atoms with Crippen molar-refractivity contribution in [2.45, 2.75) is 18.7 Å². The topological polar surface area (TPSA) is 86.5 Å². The van der Waals surface area contributed by atoms with E-state index >= 15 is 0 Å². The normalized spacial score (nSPS) is 11.4. The van der Waals surface area contributed by atoms with Crippen LogP contribution in [0.4, 0.5) is 5.69 Å². The third-order valence-electron chi connectivity index (χ3n) is 3.97. The van der Waals surface area contributed by atoms with E-state index in [4.69, 9.17) is 4.18 Å². The zero-order valence-corrected chi connectivity index (χ0v) is 14.4. The number of nitrogens with zero attached hydrogens (tertiary/aromatic N) is 1. The minimum atomic E-state index is -4.34. The summed E-state index contributed by atoms with van der Waals surface area (Å²) in [5.74, 6) is 0.103. The third-order valence-corrected chi connectivity index (χ3v) is 5.25. The first-order chi connectivity index (χ1) is 11.8. The average Bonchev–Trinajstić information content (AvgIpc) is 2.56. The van der Waals surface area contributed by atoms with Gasteiger partial charge in [0, 0.05) is 6.07 Å². The van der Waals surface area contributed by atoms with Crippen LogP contribution in [0, 0.1) is 24.0 Å². The molecular formula is C18H15NO5S. The van der Waals surface area contributed by atoms with Crippen LogP contribution < -0.4 is 4.18 Å². The highest BCUT2D eigenvalue weighted by Gasteiger charge is 2.28. The number of benzene rings is 3. The van der Waals surface area contributed by atoms with Crippen molar-refractivity contribution in [1.82, 2.24) is 0 Å². The molecule has 0 saturated carbocycles. The molecule has 0 spiro atoms. The maximum Gasteiger partial charge on any atom is 0.346 e. The molecular weight excluding hydrogens is 342 g/mol. The summed E-state index contributed by atoms with van der Waals surface area (Å²) in [5, 5.41) is 13.0. The molecule has 0 unspecified atom stereocenters. The van der Waals surface area contributed by atoms with Gasteiger partial charge in [-0.1, -0.05) is 30.3 Å². The molecule has 6 nitrogen and oxygen atoms in total. The van der Waals surface area contributed by atoms with E-state index < -0.39 is 25.6 Å². The lowest BCUT2D eigenvalue weighted by atomic mass is 10.1. The van der Waals surface area contributed by atoms with E-state index in [0.717, 1.165) is 10.8 Å². The second-order valence-corrected chi connectivity index (χ2v) is 7.22. The van der Waals surface area contributed by atoms with Crippen LogP contribution in [0.15, 0.2) is 59.5 Å². The quantitative estimate of drug-likeness (QED) is 0.398. The molecule has 0 N–H and O–H groups in total. The Bertz CT molecular complexity index is 1090. The Morgan fingerprint density at radius 2 is 1.56 bits per heavy atom. The van der Waals surface area contributed by atoms with E-state index in [1.54, 1.807) is 26.0 Å². The molecule has 0 amide bonds. The molecule has 0 aliphatic rings. The molecule has 0 radical (unpaired) electrons. The maximum atomic E-state index is 12.6. The van der Waals surface area contributed by atoms with Crippen molar-refractivity contribution in [2.24, 2.45) is 0 Å². The van der Waals surface area contributed by atoms with Gasteiger partial charge >= 0.3 is 10.1 Å². The highest BCUT2D eigenvalue weighted by atomic mass is 32.2. The molecule has 0 fully saturated rings. The Labute approximate surface area is 145 Å². The molecule has 25 heavy (non-hydrogen) atoms. The van der Waals surface area contributed by atoms with E-state index in [0.29, 0.717) is 11.1 Å². The van der Waals surface area contributed by atoms with Gasteiger partial charge in [-0.25, -0.2) is 0 Å². The third kappa shape index (κ3) is 3.32. The summed E-state index contributed by atoms with van der Waals surface area (Å²) in [5.41, 5.74) is 0.770. The standard InChI is InChI=1S/C18H15NO5S/c1-12-9-17(19(20)21)18(10-13(12)2)25(22,23)24-16-8-7-14-5-3-4-6-15(14)11-16/h3-11H,1-2H3. The van der Waals surface area contributed by atoms with Crippen molar-refractivity contribution in [3.05, 3.63) is 75.8 Å². The SMILES string of the molecule is Cc1cc([N+](=O)[O-])c(S(=O)(=O)Oc2ccc3ccccc3c2)cc1C. The van der Waals surface area contributed by atoms with Gasteiger partial charge in [-0.05, 0) is 53.9 Å². The van der Waals surface area contributed by atoms with Gasteiger partial charge in [-0.15, -0.1) is 0 Å². The van der Waals surface area contributed by atoms with Crippen LogP contribution in [0.1, 0.15) is 11.1 Å². The summed E-state index contributed by atoms with van der Waals surface area (Å²) < 4.78 is 30.3. The summed E-state index contributed by atoms with van der Waals surface area (Å²) >= 11 is 0. The van der Waals surface area contributed by atoms with E-state index in [9.17, 15) is 18.5 Å². The number of nitro benzene ring substituents is 1. The fraction of sp³-hybridized carbons (Fsp3) is 0.111. The fourth-order valence-electron chi connectivity index (χ4n) is 2.51. The van der Waals surface area contributed by atoms with Gasteiger partial charge < -0.3 is 4.18 Å². The lowest BCUT2D eigenvalue weighted by molar-refractivity contribution is -0.387. The van der Waals surface area contributed by atoms with Gasteiger partial charge in [0.05, 0.1) is 4.92 Å². The number of fused-ring (bicyclic) bond motifs is 1. The first-order valence-electron chi connectivity index (χ1n) is 7.47. The molecule has 3 rings (SSSR count). The predicted molar refractivity (Wildman–Crippen MR) is 94.3 cm³/mol. The molecule has 0 heterocycles. The molecule has 7 heteroatoms. The van der Waals surface area contributed by atoms with Crippen molar-refractivity contribution in [3.63, 3.8) is 0 Å². The molecule has 0 atom stereocenters. The summed E-state index contributed by atoms with van der Waals surface area (Å²) in [6.07, 6.45) is 0. The summed E-state index contributed by atoms with van der Waals surface area (Å²) in [6, 6.07) is 14.8. The van der Waals surface area contributed by atoms with Crippen LogP contribution in [-0.4, -0.2) is 13.3 Å². The monoisotopic (exact) mass is 357 g/mol. The molecule has 0 bridgehead atoms. The van der Waals surface area contributed by atoms with Gasteiger partial charge in [-0.2, -0.15) is 8.42 Å². The zero-order chi connectivity index (χ0) is 18.2. The molecule has 0 aromatic heterocycles. The zero-order valence-electron chi connectivity index (χ0n) is 13.6. The maximum absolute atomic E-state index is 12.6. The van der Waals surface area contributed by atoms with Gasteiger partial charge in [0.2, 0.25) is 0 Å². The van der Waals surface area contributed by atoms with Crippen LogP contribution in [0.3, 0.4) is 0 Å². The highest BCUT2D eigenvalue weighted by Crippen LogP contribution is 2.30. The van der Waals surface area contributed by atoms with Crippen LogP contribution in [-0.2, 0) is 10.1 Å². The second kappa shape index (κ2) is 6.18. The highest BCUT2D eigenvalue weighted by molar-refractivity contribution is 7.87. The minimum Gasteiger partial charge on any atom is -0.379 e. The summed E-state index contributed by atoms with van der Waals surface area (Å²) in [7, 11) is -4.34. The first-order valence-corrected chi connectivity index (χ1v) is 8.88. The number of rotatable bonds is 4. The first kappa shape index (κ1) is 16.9. The Balaban J connectivity index is 2.07. The van der Waals surface area contributed by atoms with Gasteiger partial charge in [0.15, 0.2) is 4.90 Å². The van der Waals surface area contributed by atoms with Crippen molar-refractivity contribution in [2.75, 3.05) is 0 Å². The van der Waals surface area contributed by atoms with Crippen LogP contribution in [0.2, 0.25) is 0 Å². The Morgan fingerprint density at radius 3 is 2.24 bits per heavy atom. The van der Waals surface area contributed by atoms with Crippen LogP contribution >= 0.6 is 0 Å². The summed E-state index contributed by atoms with van der Waals surface area (Å²) in [6.45, 7) is 3.37. The van der Waals surface area contributed by atoms with E-state index in [-0.39, 0.29) is 5.75 Å². The smallest absolute Gasteiger partial charge is 0.346 e. The Morgan fingerprint density at radius 1 is 0.920 bits per heavy atom. The predicted octanol–water partition coefficient (Wildman–Crippen LogP) is 4.13. The molecule has 128 valence electrons. The number of hydrogen-bond acceptors (Lipinski definition) is 5.